The molecule has 1 rings (SSSR count). The van der Waals surface area contributed by atoms with Gasteiger partial charge in [0.05, 0.1) is 11.5 Å². The number of aliphatic carboxylic acids is 1. The topological polar surface area (TPSA) is 86.9 Å². The zero-order chi connectivity index (χ0) is 15.1. The lowest BCUT2D eigenvalue weighted by Crippen LogP contribution is -2.35. The predicted octanol–water partition coefficient (Wildman–Crippen LogP) is 1.04. The van der Waals surface area contributed by atoms with E-state index in [9.17, 15) is 14.9 Å². The summed E-state index contributed by atoms with van der Waals surface area (Å²) in [7, 11) is 3.79. The van der Waals surface area contributed by atoms with Gasteiger partial charge in [0.1, 0.15) is 0 Å². The van der Waals surface area contributed by atoms with Crippen molar-refractivity contribution in [1.29, 1.82) is 0 Å². The molecule has 7 nitrogen and oxygen atoms in total. The van der Waals surface area contributed by atoms with Gasteiger partial charge < -0.3 is 10.0 Å². The third-order valence-electron chi connectivity index (χ3n) is 2.80. The summed E-state index contributed by atoms with van der Waals surface area (Å²) >= 11 is 0. The molecule has 0 bridgehead atoms. The number of para-hydroxylation sites is 1. The maximum absolute atomic E-state index is 11.0. The molecule has 0 aliphatic carbocycles. The molecule has 0 saturated heterocycles. The molecule has 0 aliphatic heterocycles. The Balaban J connectivity index is 2.83. The molecule has 0 unspecified atom stereocenters. The first-order valence-corrected chi connectivity index (χ1v) is 6.21. The summed E-state index contributed by atoms with van der Waals surface area (Å²) in [5.74, 6) is -0.942. The van der Waals surface area contributed by atoms with Crippen molar-refractivity contribution in [2.75, 3.05) is 33.7 Å². The first-order valence-electron chi connectivity index (χ1n) is 6.21. The maximum Gasteiger partial charge on any atom is 0.317 e. The van der Waals surface area contributed by atoms with E-state index in [0.29, 0.717) is 18.7 Å². The van der Waals surface area contributed by atoms with Crippen molar-refractivity contribution < 1.29 is 14.8 Å². The summed E-state index contributed by atoms with van der Waals surface area (Å²) < 4.78 is 0. The average Bonchev–Trinajstić information content (AvgIpc) is 2.35. The van der Waals surface area contributed by atoms with Crippen LogP contribution in [0.1, 0.15) is 5.56 Å². The van der Waals surface area contributed by atoms with Crippen molar-refractivity contribution in [3.8, 4) is 0 Å². The van der Waals surface area contributed by atoms with Gasteiger partial charge >= 0.3 is 5.97 Å². The molecule has 0 atom stereocenters. The highest BCUT2D eigenvalue weighted by atomic mass is 16.6. The Morgan fingerprint density at radius 3 is 2.50 bits per heavy atom. The monoisotopic (exact) mass is 281 g/mol. The maximum atomic E-state index is 11.0. The van der Waals surface area contributed by atoms with Crippen molar-refractivity contribution in [2.45, 2.75) is 6.54 Å². The van der Waals surface area contributed by atoms with Crippen LogP contribution in [0.4, 0.5) is 5.69 Å². The van der Waals surface area contributed by atoms with Crippen LogP contribution in [0, 0.1) is 10.1 Å². The molecule has 0 radical (unpaired) electrons. The number of carbonyl (C=O) groups is 1. The predicted molar refractivity (Wildman–Crippen MR) is 74.6 cm³/mol. The summed E-state index contributed by atoms with van der Waals surface area (Å²) in [5.41, 5.74) is 0.547. The van der Waals surface area contributed by atoms with Gasteiger partial charge in [-0.2, -0.15) is 0 Å². The van der Waals surface area contributed by atoms with Gasteiger partial charge in [-0.1, -0.05) is 18.2 Å². The Hall–Kier alpha value is -1.99. The van der Waals surface area contributed by atoms with Crippen LogP contribution in [0.2, 0.25) is 0 Å². The van der Waals surface area contributed by atoms with Crippen LogP contribution >= 0.6 is 0 Å². The minimum Gasteiger partial charge on any atom is -0.480 e. The number of carboxylic acid groups (broad SMARTS) is 1. The summed E-state index contributed by atoms with van der Waals surface area (Å²) in [6, 6.07) is 6.40. The zero-order valence-electron chi connectivity index (χ0n) is 11.7. The number of likely N-dealkylation sites (N-methyl/N-ethyl adjacent to an activating group) is 1. The minimum absolute atomic E-state index is 0.0211. The smallest absolute Gasteiger partial charge is 0.317 e. The number of rotatable bonds is 8. The minimum atomic E-state index is -0.942. The van der Waals surface area contributed by atoms with E-state index in [2.05, 4.69) is 0 Å². The normalized spacial score (nSPS) is 11.0. The van der Waals surface area contributed by atoms with Gasteiger partial charge in [0.2, 0.25) is 0 Å². The molecule has 7 heteroatoms. The number of benzene rings is 1. The standard InChI is InChI=1S/C13H19N3O4/c1-14(2)7-8-15(10-13(17)18)9-11-5-3-4-6-12(11)16(19)20/h3-6H,7-10H2,1-2H3,(H,17,18). The number of carboxylic acids is 1. The summed E-state index contributed by atoms with van der Waals surface area (Å²) in [6.45, 7) is 1.33. The summed E-state index contributed by atoms with van der Waals surface area (Å²) in [4.78, 5) is 25.0. The molecular weight excluding hydrogens is 262 g/mol. The number of hydrogen-bond donors (Lipinski definition) is 1. The van der Waals surface area contributed by atoms with Crippen LogP contribution in [0.5, 0.6) is 0 Å². The Kier molecular flexibility index (Phi) is 6.08. The molecule has 1 aromatic carbocycles. The summed E-state index contributed by atoms with van der Waals surface area (Å²) in [5, 5.41) is 19.9. The molecular formula is C13H19N3O4. The molecule has 1 aromatic rings. The Bertz CT molecular complexity index is 476. The van der Waals surface area contributed by atoms with Crippen LogP contribution in [0.3, 0.4) is 0 Å². The largest absolute Gasteiger partial charge is 0.480 e. The van der Waals surface area contributed by atoms with Crippen molar-refractivity contribution in [1.82, 2.24) is 9.80 Å². The van der Waals surface area contributed by atoms with E-state index in [1.807, 2.05) is 19.0 Å². The van der Waals surface area contributed by atoms with Crippen molar-refractivity contribution >= 4 is 11.7 Å². The van der Waals surface area contributed by atoms with Crippen molar-refractivity contribution in [3.05, 3.63) is 39.9 Å². The average molecular weight is 281 g/mol. The van der Waals surface area contributed by atoms with Crippen molar-refractivity contribution in [3.63, 3.8) is 0 Å². The molecule has 0 aromatic heterocycles. The number of hydrogen-bond acceptors (Lipinski definition) is 5. The van der Waals surface area contributed by atoms with E-state index in [-0.39, 0.29) is 18.8 Å². The first-order chi connectivity index (χ1) is 9.40. The first kappa shape index (κ1) is 16.1. The lowest BCUT2D eigenvalue weighted by Gasteiger charge is -2.22. The lowest BCUT2D eigenvalue weighted by molar-refractivity contribution is -0.385. The SMILES string of the molecule is CN(C)CCN(CC(=O)O)Cc1ccccc1[N+](=O)[O-]. The third kappa shape index (κ3) is 5.33. The van der Waals surface area contributed by atoms with Crippen LogP contribution in [0.15, 0.2) is 24.3 Å². The Labute approximate surface area is 117 Å². The van der Waals surface area contributed by atoms with Gasteiger partial charge in [-0.25, -0.2) is 0 Å². The van der Waals surface area contributed by atoms with Crippen molar-refractivity contribution in [2.24, 2.45) is 0 Å². The Morgan fingerprint density at radius 2 is 1.95 bits per heavy atom. The highest BCUT2D eigenvalue weighted by molar-refractivity contribution is 5.69. The zero-order valence-corrected chi connectivity index (χ0v) is 11.7. The number of nitro groups is 1. The van der Waals surface area contributed by atoms with Crippen LogP contribution in [-0.2, 0) is 11.3 Å². The van der Waals surface area contributed by atoms with Gasteiger partial charge in [-0.15, -0.1) is 0 Å². The van der Waals surface area contributed by atoms with E-state index in [4.69, 9.17) is 5.11 Å². The second kappa shape index (κ2) is 7.56. The number of nitrogens with zero attached hydrogens (tertiary/aromatic N) is 3. The molecule has 0 fully saturated rings. The fourth-order valence-corrected chi connectivity index (χ4v) is 1.81. The Morgan fingerprint density at radius 1 is 1.30 bits per heavy atom. The second-order valence-corrected chi connectivity index (χ2v) is 4.79. The lowest BCUT2D eigenvalue weighted by atomic mass is 10.1. The molecule has 1 N–H and O–H groups in total. The molecule has 110 valence electrons. The quantitative estimate of drug-likeness (QED) is 0.566. The van der Waals surface area contributed by atoms with E-state index >= 15 is 0 Å². The van der Waals surface area contributed by atoms with Gasteiger partial charge in [0.25, 0.3) is 5.69 Å². The van der Waals surface area contributed by atoms with Crippen LogP contribution < -0.4 is 0 Å². The fraction of sp³-hybridized carbons (Fsp3) is 0.462. The van der Waals surface area contributed by atoms with Gasteiger partial charge in [0, 0.05) is 31.3 Å². The molecule has 0 amide bonds. The van der Waals surface area contributed by atoms with Gasteiger partial charge in [-0.3, -0.25) is 19.8 Å². The van der Waals surface area contributed by atoms with Crippen LogP contribution in [-0.4, -0.2) is 59.5 Å². The summed E-state index contributed by atoms with van der Waals surface area (Å²) in [6.07, 6.45) is 0. The van der Waals surface area contributed by atoms with E-state index in [1.54, 1.807) is 23.1 Å². The molecule has 0 heterocycles. The molecule has 20 heavy (non-hydrogen) atoms. The third-order valence-corrected chi connectivity index (χ3v) is 2.80. The highest BCUT2D eigenvalue weighted by Crippen LogP contribution is 2.19. The molecule has 0 spiro atoms. The van der Waals surface area contributed by atoms with E-state index in [0.717, 1.165) is 0 Å². The molecule has 0 aliphatic rings. The van der Waals surface area contributed by atoms with Gasteiger partial charge in [0.15, 0.2) is 0 Å². The van der Waals surface area contributed by atoms with Gasteiger partial charge in [-0.05, 0) is 14.1 Å². The van der Waals surface area contributed by atoms with Crippen LogP contribution in [0.25, 0.3) is 0 Å². The van der Waals surface area contributed by atoms with E-state index in [1.165, 1.54) is 6.07 Å². The molecule has 0 saturated carbocycles. The number of nitro benzene ring substituents is 1. The second-order valence-electron chi connectivity index (χ2n) is 4.79. The fourth-order valence-electron chi connectivity index (χ4n) is 1.81. The van der Waals surface area contributed by atoms with E-state index < -0.39 is 10.9 Å². The highest BCUT2D eigenvalue weighted by Gasteiger charge is 2.17.